The number of Topliss-reactive ketones (excluding diaryl/α,β-unsaturated/α-hetero) is 1. The van der Waals surface area contributed by atoms with Crippen molar-refractivity contribution in [1.82, 2.24) is 4.57 Å². The molecule has 0 bridgehead atoms. The highest BCUT2D eigenvalue weighted by atomic mass is 79.9. The molecule has 4 rings (SSSR count). The van der Waals surface area contributed by atoms with Crippen LogP contribution in [-0.2, 0) is 6.42 Å². The van der Waals surface area contributed by atoms with E-state index in [1.807, 2.05) is 18.2 Å². The maximum atomic E-state index is 13.1. The first kappa shape index (κ1) is 15.9. The first-order valence-electron chi connectivity index (χ1n) is 7.99. The van der Waals surface area contributed by atoms with Crippen LogP contribution >= 0.6 is 15.9 Å². The lowest BCUT2D eigenvalue weighted by atomic mass is 9.94. The largest absolute Gasteiger partial charge is 0.293 e. The number of hydrogen-bond donors (Lipinski definition) is 1. The van der Waals surface area contributed by atoms with E-state index in [1.165, 1.54) is 4.57 Å². The first-order chi connectivity index (χ1) is 12.1. The number of halogens is 1. The van der Waals surface area contributed by atoms with Crippen LogP contribution in [0.3, 0.4) is 0 Å². The maximum Gasteiger partial charge on any atom is 0.262 e. The predicted molar refractivity (Wildman–Crippen MR) is 97.1 cm³/mol. The number of aryl methyl sites for hydroxylation is 1. The highest BCUT2D eigenvalue weighted by Crippen LogP contribution is 2.34. The van der Waals surface area contributed by atoms with Gasteiger partial charge in [0.1, 0.15) is 0 Å². The summed E-state index contributed by atoms with van der Waals surface area (Å²) < 4.78 is 2.44. The molecule has 0 fully saturated rings. The van der Waals surface area contributed by atoms with Gasteiger partial charge in [-0.2, -0.15) is 0 Å². The van der Waals surface area contributed by atoms with E-state index in [1.54, 1.807) is 29.4 Å². The molecule has 1 heterocycles. The second-order valence-electron chi connectivity index (χ2n) is 6.09. The normalized spacial score (nSPS) is 13.7. The van der Waals surface area contributed by atoms with Gasteiger partial charge < -0.3 is 0 Å². The summed E-state index contributed by atoms with van der Waals surface area (Å²) in [6, 6.07) is 12.0. The zero-order chi connectivity index (χ0) is 17.6. The Balaban J connectivity index is 1.96. The van der Waals surface area contributed by atoms with E-state index in [9.17, 15) is 14.5 Å². The Kier molecular flexibility index (Phi) is 3.84. The number of ketones is 1. The molecular formula is C19H14BrN2O3+. The summed E-state index contributed by atoms with van der Waals surface area (Å²) in [5.41, 5.74) is 2.99. The molecule has 0 saturated carbocycles. The Bertz CT molecular complexity index is 1030. The van der Waals surface area contributed by atoms with Gasteiger partial charge in [0.25, 0.3) is 11.6 Å². The molecule has 2 aromatic carbocycles. The van der Waals surface area contributed by atoms with Crippen molar-refractivity contribution in [2.75, 3.05) is 0 Å². The van der Waals surface area contributed by atoms with Crippen molar-refractivity contribution in [1.29, 1.82) is 0 Å². The molecular weight excluding hydrogens is 384 g/mol. The highest BCUT2D eigenvalue weighted by molar-refractivity contribution is 9.10. The lowest BCUT2D eigenvalue weighted by Crippen LogP contribution is -2.55. The van der Waals surface area contributed by atoms with Crippen molar-refractivity contribution in [2.24, 2.45) is 0 Å². The van der Waals surface area contributed by atoms with E-state index in [0.717, 1.165) is 33.8 Å². The van der Waals surface area contributed by atoms with Crippen molar-refractivity contribution in [3.8, 4) is 0 Å². The van der Waals surface area contributed by atoms with Crippen LogP contribution in [0.2, 0.25) is 0 Å². The molecule has 0 amide bonds. The summed E-state index contributed by atoms with van der Waals surface area (Å²) in [5, 5.41) is 2.73. The summed E-state index contributed by atoms with van der Waals surface area (Å²) in [6.45, 7) is 0. The zero-order valence-electron chi connectivity index (χ0n) is 13.2. The molecule has 0 aliphatic heterocycles. The van der Waals surface area contributed by atoms with Crippen LogP contribution < -0.4 is 5.18 Å². The number of hydrogen-bond acceptors (Lipinski definition) is 3. The van der Waals surface area contributed by atoms with Crippen molar-refractivity contribution >= 4 is 44.2 Å². The Morgan fingerprint density at radius 1 is 1.08 bits per heavy atom. The number of carbonyl (C=O) groups excluding carboxylic acids is 2. The summed E-state index contributed by atoms with van der Waals surface area (Å²) in [6.07, 6.45) is 2.04. The topological polar surface area (TPSA) is 70.1 Å². The quantitative estimate of drug-likeness (QED) is 0.722. The van der Waals surface area contributed by atoms with Gasteiger partial charge >= 0.3 is 0 Å². The van der Waals surface area contributed by atoms with E-state index in [2.05, 4.69) is 15.9 Å². The van der Waals surface area contributed by atoms with E-state index in [0.29, 0.717) is 23.4 Å². The Labute approximate surface area is 151 Å². The minimum absolute atomic E-state index is 0.000215. The lowest BCUT2D eigenvalue weighted by molar-refractivity contribution is -0.379. The van der Waals surface area contributed by atoms with Gasteiger partial charge in [-0.25, -0.2) is 0 Å². The van der Waals surface area contributed by atoms with Crippen molar-refractivity contribution in [3.63, 3.8) is 0 Å². The van der Waals surface area contributed by atoms with Gasteiger partial charge in [-0.05, 0) is 48.7 Å². The van der Waals surface area contributed by atoms with Crippen LogP contribution in [0.25, 0.3) is 10.9 Å². The number of fused-ring (bicyclic) bond motifs is 3. The number of carbonyl (C=O) groups is 2. The summed E-state index contributed by atoms with van der Waals surface area (Å²) in [7, 11) is 0. The molecule has 0 radical (unpaired) electrons. The van der Waals surface area contributed by atoms with Gasteiger partial charge in [0.2, 0.25) is 0 Å². The Hall–Kier alpha value is -2.60. The van der Waals surface area contributed by atoms with E-state index >= 15 is 0 Å². The second kappa shape index (κ2) is 6.04. The SMILES string of the molecule is O=[NH+]c1ccc(C(=O)n2c3c(c4cc(Br)ccc42)CCCC3=O)cc1. The predicted octanol–water partition coefficient (Wildman–Crippen LogP) is 3.09. The number of nitroso groups, excluding NO2 is 1. The van der Waals surface area contributed by atoms with Gasteiger partial charge in [-0.1, -0.05) is 15.9 Å². The fourth-order valence-corrected chi connectivity index (χ4v) is 3.80. The summed E-state index contributed by atoms with van der Waals surface area (Å²) >= 11 is 3.47. The molecule has 3 aromatic rings. The Morgan fingerprint density at radius 2 is 1.84 bits per heavy atom. The number of benzene rings is 2. The number of aromatic nitrogens is 1. The van der Waals surface area contributed by atoms with Gasteiger partial charge in [-0.3, -0.25) is 14.2 Å². The maximum absolute atomic E-state index is 13.1. The molecule has 0 spiro atoms. The molecule has 5 nitrogen and oxygen atoms in total. The average Bonchev–Trinajstić information content (AvgIpc) is 2.96. The molecule has 1 aromatic heterocycles. The summed E-state index contributed by atoms with van der Waals surface area (Å²) in [4.78, 5) is 36.4. The third kappa shape index (κ3) is 2.53. The van der Waals surface area contributed by atoms with Crippen LogP contribution in [0.5, 0.6) is 0 Å². The molecule has 1 aliphatic rings. The third-order valence-corrected chi connectivity index (χ3v) is 5.07. The van der Waals surface area contributed by atoms with Crippen LogP contribution in [0.1, 0.15) is 39.3 Å². The molecule has 1 aliphatic carbocycles. The molecule has 1 N–H and O–H groups in total. The van der Waals surface area contributed by atoms with Gasteiger partial charge in [-0.15, -0.1) is 0 Å². The molecule has 0 saturated heterocycles. The van der Waals surface area contributed by atoms with Crippen LogP contribution in [0.15, 0.2) is 46.9 Å². The van der Waals surface area contributed by atoms with Crippen LogP contribution in [0.4, 0.5) is 5.69 Å². The van der Waals surface area contributed by atoms with Crippen LogP contribution in [-0.4, -0.2) is 16.3 Å². The third-order valence-electron chi connectivity index (χ3n) is 4.58. The van der Waals surface area contributed by atoms with E-state index < -0.39 is 0 Å². The average molecular weight is 398 g/mol. The number of rotatable bonds is 2. The first-order valence-corrected chi connectivity index (χ1v) is 8.78. The van der Waals surface area contributed by atoms with Crippen LogP contribution in [0, 0.1) is 4.91 Å². The monoisotopic (exact) mass is 397 g/mol. The van der Waals surface area contributed by atoms with E-state index in [-0.39, 0.29) is 11.7 Å². The van der Waals surface area contributed by atoms with Gasteiger partial charge in [0, 0.05) is 44.1 Å². The fraction of sp³-hybridized carbons (Fsp3) is 0.158. The molecule has 25 heavy (non-hydrogen) atoms. The van der Waals surface area contributed by atoms with Gasteiger partial charge in [0.05, 0.1) is 11.2 Å². The lowest BCUT2D eigenvalue weighted by Gasteiger charge is -2.14. The Morgan fingerprint density at radius 3 is 2.56 bits per heavy atom. The van der Waals surface area contributed by atoms with E-state index in [4.69, 9.17) is 0 Å². The molecule has 124 valence electrons. The van der Waals surface area contributed by atoms with Crippen molar-refractivity contribution < 1.29 is 14.8 Å². The molecule has 0 atom stereocenters. The fourth-order valence-electron chi connectivity index (χ4n) is 3.44. The van der Waals surface area contributed by atoms with Crippen molar-refractivity contribution in [3.05, 3.63) is 68.7 Å². The highest BCUT2D eigenvalue weighted by Gasteiger charge is 2.29. The number of nitrogens with one attached hydrogen (secondary N) is 1. The molecule has 6 heteroatoms. The minimum atomic E-state index is -0.263. The molecule has 0 unspecified atom stereocenters. The number of nitrogens with zero attached hydrogens (tertiary/aromatic N) is 1. The zero-order valence-corrected chi connectivity index (χ0v) is 14.8. The van der Waals surface area contributed by atoms with Gasteiger partial charge in [0.15, 0.2) is 5.78 Å². The second-order valence-corrected chi connectivity index (χ2v) is 7.00. The standard InChI is InChI=1S/C19H13BrN2O3/c20-12-6-9-16-15(10-12)14-2-1-3-17(23)18(14)22(16)19(24)11-4-7-13(21-25)8-5-11/h4-10H,1-3H2/p+1. The smallest absolute Gasteiger partial charge is 0.262 e. The summed E-state index contributed by atoms with van der Waals surface area (Å²) in [5.74, 6) is -0.263. The minimum Gasteiger partial charge on any atom is -0.293 e. The van der Waals surface area contributed by atoms with Crippen molar-refractivity contribution in [2.45, 2.75) is 19.3 Å².